The van der Waals surface area contributed by atoms with Crippen molar-refractivity contribution in [3.63, 3.8) is 0 Å². The predicted molar refractivity (Wildman–Crippen MR) is 109 cm³/mol. The van der Waals surface area contributed by atoms with Crippen LogP contribution in [0.5, 0.6) is 0 Å². The van der Waals surface area contributed by atoms with E-state index in [1.807, 2.05) is 13.0 Å². The van der Waals surface area contributed by atoms with Crippen LogP contribution in [0, 0.1) is 6.92 Å². The normalized spacial score (nSPS) is 22.8. The minimum atomic E-state index is -0.693. The summed E-state index contributed by atoms with van der Waals surface area (Å²) in [6.07, 6.45) is 6.46. The van der Waals surface area contributed by atoms with Crippen molar-refractivity contribution in [1.29, 1.82) is 0 Å². The molecule has 6 heteroatoms. The van der Waals surface area contributed by atoms with Crippen LogP contribution in [0.15, 0.2) is 51.1 Å². The van der Waals surface area contributed by atoms with E-state index in [9.17, 15) is 14.7 Å². The van der Waals surface area contributed by atoms with E-state index >= 15 is 0 Å². The van der Waals surface area contributed by atoms with Crippen molar-refractivity contribution >= 4 is 33.4 Å². The van der Waals surface area contributed by atoms with Crippen LogP contribution in [0.25, 0.3) is 5.76 Å². The second-order valence-corrected chi connectivity index (χ2v) is 8.33. The number of ketones is 1. The highest BCUT2D eigenvalue weighted by atomic mass is 79.9. The summed E-state index contributed by atoms with van der Waals surface area (Å²) in [5.41, 5.74) is 1.55. The topological polar surface area (TPSA) is 70.8 Å². The summed E-state index contributed by atoms with van der Waals surface area (Å²) in [5, 5.41) is 11.0. The molecule has 0 bridgehead atoms. The average Bonchev–Trinajstić information content (AvgIpc) is 3.31. The number of benzene rings is 1. The quantitative estimate of drug-likeness (QED) is 0.406. The highest BCUT2D eigenvalue weighted by Gasteiger charge is 2.50. The van der Waals surface area contributed by atoms with Crippen LogP contribution in [-0.2, 0) is 9.59 Å². The molecule has 1 N–H and O–H groups in total. The summed E-state index contributed by atoms with van der Waals surface area (Å²) >= 11 is 3.45. The Labute approximate surface area is 172 Å². The van der Waals surface area contributed by atoms with Crippen molar-refractivity contribution in [3.05, 3.63) is 63.5 Å². The molecule has 2 heterocycles. The van der Waals surface area contributed by atoms with Gasteiger partial charge in [-0.25, -0.2) is 0 Å². The number of furan rings is 1. The van der Waals surface area contributed by atoms with Gasteiger partial charge in [0, 0.05) is 16.1 Å². The number of halogens is 1. The minimum Gasteiger partial charge on any atom is -0.507 e. The molecule has 28 heavy (non-hydrogen) atoms. The van der Waals surface area contributed by atoms with Crippen molar-refractivity contribution < 1.29 is 19.1 Å². The molecule has 2 aliphatic rings. The first kappa shape index (κ1) is 19.0. The monoisotopic (exact) mass is 443 g/mol. The first-order valence-electron chi connectivity index (χ1n) is 9.59. The summed E-state index contributed by atoms with van der Waals surface area (Å²) in [5.74, 6) is -0.859. The molecule has 1 saturated heterocycles. The van der Waals surface area contributed by atoms with Crippen molar-refractivity contribution in [2.24, 2.45) is 0 Å². The van der Waals surface area contributed by atoms with Crippen LogP contribution in [0.1, 0.15) is 55.0 Å². The number of hydrogen-bond donors (Lipinski definition) is 1. The van der Waals surface area contributed by atoms with E-state index in [1.165, 1.54) is 6.26 Å². The predicted octanol–water partition coefficient (Wildman–Crippen LogP) is 5.10. The van der Waals surface area contributed by atoms with Crippen LogP contribution in [0.4, 0.5) is 0 Å². The lowest BCUT2D eigenvalue weighted by atomic mass is 9.92. The third-order valence-corrected chi connectivity index (χ3v) is 6.58. The van der Waals surface area contributed by atoms with E-state index < -0.39 is 17.7 Å². The van der Waals surface area contributed by atoms with Gasteiger partial charge in [-0.1, -0.05) is 41.3 Å². The Morgan fingerprint density at radius 2 is 1.93 bits per heavy atom. The van der Waals surface area contributed by atoms with Crippen LogP contribution in [0.3, 0.4) is 0 Å². The first-order chi connectivity index (χ1) is 13.5. The zero-order valence-electron chi connectivity index (χ0n) is 15.7. The van der Waals surface area contributed by atoms with E-state index in [2.05, 4.69) is 15.9 Å². The Morgan fingerprint density at radius 1 is 1.18 bits per heavy atom. The van der Waals surface area contributed by atoms with Crippen LogP contribution < -0.4 is 0 Å². The highest BCUT2D eigenvalue weighted by molar-refractivity contribution is 9.10. The second-order valence-electron chi connectivity index (χ2n) is 7.48. The fourth-order valence-electron chi connectivity index (χ4n) is 4.26. The lowest BCUT2D eigenvalue weighted by Gasteiger charge is -2.34. The number of likely N-dealkylation sites (tertiary alicyclic amines) is 1. The van der Waals surface area contributed by atoms with Gasteiger partial charge in [0.1, 0.15) is 17.6 Å². The van der Waals surface area contributed by atoms with Gasteiger partial charge in [0.15, 0.2) is 0 Å². The minimum absolute atomic E-state index is 0.0164. The fraction of sp³-hybridized carbons (Fsp3) is 0.364. The van der Waals surface area contributed by atoms with Crippen molar-refractivity contribution in [3.8, 4) is 0 Å². The lowest BCUT2D eigenvalue weighted by molar-refractivity contribution is -0.142. The molecule has 1 saturated carbocycles. The molecule has 1 amide bonds. The summed E-state index contributed by atoms with van der Waals surface area (Å²) < 4.78 is 6.51. The fourth-order valence-corrected chi connectivity index (χ4v) is 4.51. The zero-order chi connectivity index (χ0) is 19.8. The van der Waals surface area contributed by atoms with Gasteiger partial charge in [0.2, 0.25) is 0 Å². The van der Waals surface area contributed by atoms with Crippen LogP contribution in [0.2, 0.25) is 0 Å². The number of aryl methyl sites for hydroxylation is 1. The Hall–Kier alpha value is -2.34. The third kappa shape index (κ3) is 3.20. The van der Waals surface area contributed by atoms with Gasteiger partial charge in [-0.2, -0.15) is 0 Å². The molecule has 1 aliphatic heterocycles. The van der Waals surface area contributed by atoms with Gasteiger partial charge in [-0.3, -0.25) is 9.59 Å². The standard InChI is InChI=1S/C22H22BrNO4/c1-13-12-14(9-10-16(13)23)20(25)18-19(17-8-5-11-28-17)24(22(27)21(18)26)15-6-3-2-4-7-15/h5,8-12,15,19,25H,2-4,6-7H2,1H3/b20-18-. The van der Waals surface area contributed by atoms with Crippen molar-refractivity contribution in [2.75, 3.05) is 0 Å². The highest BCUT2D eigenvalue weighted by Crippen LogP contribution is 2.43. The smallest absolute Gasteiger partial charge is 0.296 e. The molecule has 5 nitrogen and oxygen atoms in total. The molecule has 1 aliphatic carbocycles. The first-order valence-corrected chi connectivity index (χ1v) is 10.4. The Balaban J connectivity index is 1.85. The number of amides is 1. The van der Waals surface area contributed by atoms with E-state index in [0.29, 0.717) is 11.3 Å². The molecule has 146 valence electrons. The number of carbonyl (C=O) groups excluding carboxylic acids is 2. The van der Waals surface area contributed by atoms with Gasteiger partial charge >= 0.3 is 0 Å². The van der Waals surface area contributed by atoms with E-state index in [1.54, 1.807) is 29.2 Å². The van der Waals surface area contributed by atoms with Crippen LogP contribution in [-0.4, -0.2) is 27.7 Å². The number of aliphatic hydroxyl groups excluding tert-OH is 1. The maximum absolute atomic E-state index is 13.0. The molecule has 0 spiro atoms. The van der Waals surface area contributed by atoms with Crippen molar-refractivity contribution in [1.82, 2.24) is 4.90 Å². The van der Waals surface area contributed by atoms with Gasteiger partial charge in [0.25, 0.3) is 11.7 Å². The molecule has 1 aromatic heterocycles. The second kappa shape index (κ2) is 7.59. The molecular weight excluding hydrogens is 422 g/mol. The number of nitrogens with zero attached hydrogens (tertiary/aromatic N) is 1. The molecule has 1 unspecified atom stereocenters. The van der Waals surface area contributed by atoms with Crippen molar-refractivity contribution in [2.45, 2.75) is 51.1 Å². The number of rotatable bonds is 3. The third-order valence-electron chi connectivity index (χ3n) is 5.69. The van der Waals surface area contributed by atoms with E-state index in [4.69, 9.17) is 4.42 Å². The maximum Gasteiger partial charge on any atom is 0.296 e. The summed E-state index contributed by atoms with van der Waals surface area (Å²) in [7, 11) is 0. The average molecular weight is 444 g/mol. The number of hydrogen-bond acceptors (Lipinski definition) is 4. The molecule has 2 fully saturated rings. The van der Waals surface area contributed by atoms with E-state index in [-0.39, 0.29) is 17.4 Å². The van der Waals surface area contributed by atoms with Crippen LogP contribution >= 0.6 is 15.9 Å². The van der Waals surface area contributed by atoms with Gasteiger partial charge < -0.3 is 14.4 Å². The van der Waals surface area contributed by atoms with E-state index in [0.717, 1.165) is 42.1 Å². The zero-order valence-corrected chi connectivity index (χ0v) is 17.2. The largest absolute Gasteiger partial charge is 0.507 e. The molecule has 2 aromatic rings. The molecular formula is C22H22BrNO4. The number of Topliss-reactive ketones (excluding diaryl/α,β-unsaturated/α-hetero) is 1. The Bertz CT molecular complexity index is 941. The maximum atomic E-state index is 13.0. The lowest BCUT2D eigenvalue weighted by Crippen LogP contribution is -2.40. The molecule has 1 atom stereocenters. The number of aliphatic hydroxyl groups is 1. The Morgan fingerprint density at radius 3 is 2.57 bits per heavy atom. The number of carbonyl (C=O) groups is 2. The molecule has 4 rings (SSSR count). The summed E-state index contributed by atoms with van der Waals surface area (Å²) in [6.45, 7) is 1.91. The molecule has 1 aromatic carbocycles. The van der Waals surface area contributed by atoms with Gasteiger partial charge in [0.05, 0.1) is 11.8 Å². The Kier molecular flexibility index (Phi) is 5.15. The van der Waals surface area contributed by atoms with Gasteiger partial charge in [-0.05, 0) is 49.6 Å². The summed E-state index contributed by atoms with van der Waals surface area (Å²) in [4.78, 5) is 27.6. The molecule has 0 radical (unpaired) electrons. The SMILES string of the molecule is Cc1cc(/C(O)=C2/C(=O)C(=O)N(C3CCCCC3)C2c2ccco2)ccc1Br. The summed E-state index contributed by atoms with van der Waals surface area (Å²) in [6, 6.07) is 8.14. The van der Waals surface area contributed by atoms with Gasteiger partial charge in [-0.15, -0.1) is 0 Å².